The van der Waals surface area contributed by atoms with Gasteiger partial charge in [0.15, 0.2) is 5.15 Å². The zero-order valence-electron chi connectivity index (χ0n) is 12.3. The molecule has 2 heterocycles. The first-order chi connectivity index (χ1) is 11.6. The third-order valence-corrected chi connectivity index (χ3v) is 4.68. The lowest BCUT2D eigenvalue weighted by molar-refractivity contribution is -0.121. The van der Waals surface area contributed by atoms with Crippen molar-refractivity contribution in [2.75, 3.05) is 10.2 Å². The summed E-state index contributed by atoms with van der Waals surface area (Å²) in [4.78, 5) is 41.6. The molecule has 0 saturated carbocycles. The van der Waals surface area contributed by atoms with Crippen molar-refractivity contribution in [3.63, 3.8) is 0 Å². The molecule has 122 valence electrons. The van der Waals surface area contributed by atoms with E-state index < -0.39 is 17.1 Å². The molecular weight excluding hydrogens is 350 g/mol. The molecule has 1 aliphatic heterocycles. The third kappa shape index (κ3) is 3.42. The summed E-state index contributed by atoms with van der Waals surface area (Å²) < 4.78 is 0. The van der Waals surface area contributed by atoms with Crippen molar-refractivity contribution in [2.24, 2.45) is 0 Å². The Balaban J connectivity index is 1.68. The number of hydrogen-bond acceptors (Lipinski definition) is 5. The normalized spacial score (nSPS) is 17.2. The first-order valence-corrected chi connectivity index (χ1v) is 8.32. The van der Waals surface area contributed by atoms with Gasteiger partial charge in [-0.25, -0.2) is 9.88 Å². The second-order valence-corrected chi connectivity index (χ2v) is 6.49. The highest BCUT2D eigenvalue weighted by Crippen LogP contribution is 2.33. The zero-order chi connectivity index (χ0) is 17.1. The second kappa shape index (κ2) is 7.02. The number of nitrogens with zero attached hydrogens (tertiary/aromatic N) is 2. The SMILES string of the molecule is O=C(CC1SC(=O)N(c2ccccc2)C1=O)Nc1cccnc1Cl. The summed E-state index contributed by atoms with van der Waals surface area (Å²) in [5.41, 5.74) is 0.865. The summed E-state index contributed by atoms with van der Waals surface area (Å²) in [6.07, 6.45) is 1.38. The number of thioether (sulfide) groups is 1. The van der Waals surface area contributed by atoms with E-state index in [-0.39, 0.29) is 16.8 Å². The lowest BCUT2D eigenvalue weighted by Gasteiger charge is -2.13. The monoisotopic (exact) mass is 361 g/mol. The number of para-hydroxylation sites is 1. The third-order valence-electron chi connectivity index (χ3n) is 3.34. The zero-order valence-corrected chi connectivity index (χ0v) is 13.9. The summed E-state index contributed by atoms with van der Waals surface area (Å²) in [6.45, 7) is 0. The summed E-state index contributed by atoms with van der Waals surface area (Å²) >= 11 is 6.73. The van der Waals surface area contributed by atoms with Crippen molar-refractivity contribution in [1.29, 1.82) is 0 Å². The van der Waals surface area contributed by atoms with Gasteiger partial charge in [-0.3, -0.25) is 14.4 Å². The van der Waals surface area contributed by atoms with Crippen molar-refractivity contribution in [2.45, 2.75) is 11.7 Å². The van der Waals surface area contributed by atoms with Crippen LogP contribution in [0, 0.1) is 0 Å². The minimum absolute atomic E-state index is 0.121. The molecule has 2 aromatic rings. The van der Waals surface area contributed by atoms with Gasteiger partial charge in [-0.05, 0) is 36.0 Å². The summed E-state index contributed by atoms with van der Waals surface area (Å²) in [5, 5.41) is 1.62. The molecule has 0 spiro atoms. The number of imide groups is 1. The van der Waals surface area contributed by atoms with Crippen LogP contribution in [0.15, 0.2) is 48.7 Å². The van der Waals surface area contributed by atoms with E-state index in [0.717, 1.165) is 16.7 Å². The molecule has 0 radical (unpaired) electrons. The number of rotatable bonds is 4. The Labute approximate surface area is 147 Å². The van der Waals surface area contributed by atoms with Crippen molar-refractivity contribution in [3.8, 4) is 0 Å². The fourth-order valence-electron chi connectivity index (χ4n) is 2.25. The molecule has 8 heteroatoms. The average molecular weight is 362 g/mol. The van der Waals surface area contributed by atoms with Crippen molar-refractivity contribution >= 4 is 51.8 Å². The van der Waals surface area contributed by atoms with Gasteiger partial charge >= 0.3 is 0 Å². The first-order valence-electron chi connectivity index (χ1n) is 7.06. The maximum atomic E-state index is 12.4. The molecule has 24 heavy (non-hydrogen) atoms. The molecule has 1 aromatic heterocycles. The van der Waals surface area contributed by atoms with Crippen LogP contribution in [0.4, 0.5) is 16.2 Å². The molecule has 6 nitrogen and oxygen atoms in total. The van der Waals surface area contributed by atoms with E-state index in [0.29, 0.717) is 11.4 Å². The highest BCUT2D eigenvalue weighted by Gasteiger charge is 2.41. The number of nitrogens with one attached hydrogen (secondary N) is 1. The molecule has 3 amide bonds. The lowest BCUT2D eigenvalue weighted by Crippen LogP contribution is -2.32. The van der Waals surface area contributed by atoms with Gasteiger partial charge in [0.1, 0.15) is 5.25 Å². The van der Waals surface area contributed by atoms with E-state index in [2.05, 4.69) is 10.3 Å². The van der Waals surface area contributed by atoms with Crippen LogP contribution in [0.3, 0.4) is 0 Å². The molecule has 1 atom stereocenters. The van der Waals surface area contributed by atoms with Crippen LogP contribution in [0.5, 0.6) is 0 Å². The van der Waals surface area contributed by atoms with E-state index in [1.54, 1.807) is 42.5 Å². The van der Waals surface area contributed by atoms with E-state index in [1.807, 2.05) is 0 Å². The fraction of sp³-hybridized carbons (Fsp3) is 0.125. The minimum Gasteiger partial charge on any atom is -0.323 e. The minimum atomic E-state index is -0.756. The summed E-state index contributed by atoms with van der Waals surface area (Å²) in [6, 6.07) is 11.9. The standard InChI is InChI=1S/C16H12ClN3O3S/c17-14-11(7-4-8-18-14)19-13(21)9-12-15(22)20(16(23)24-12)10-5-2-1-3-6-10/h1-8,12H,9H2,(H,19,21). The number of carbonyl (C=O) groups is 3. The van der Waals surface area contributed by atoms with Crippen LogP contribution in [0.2, 0.25) is 5.15 Å². The Kier molecular flexibility index (Phi) is 4.82. The van der Waals surface area contributed by atoms with Gasteiger partial charge in [-0.15, -0.1) is 0 Å². The Morgan fingerprint density at radius 1 is 1.21 bits per heavy atom. The number of anilines is 2. The number of halogens is 1. The van der Waals surface area contributed by atoms with Gasteiger partial charge in [0, 0.05) is 12.6 Å². The van der Waals surface area contributed by atoms with E-state index >= 15 is 0 Å². The summed E-state index contributed by atoms with van der Waals surface area (Å²) in [7, 11) is 0. The molecule has 1 N–H and O–H groups in total. The Hall–Kier alpha value is -2.38. The second-order valence-electron chi connectivity index (χ2n) is 4.98. The Morgan fingerprint density at radius 2 is 1.96 bits per heavy atom. The van der Waals surface area contributed by atoms with Crippen LogP contribution in [-0.2, 0) is 9.59 Å². The van der Waals surface area contributed by atoms with Crippen LogP contribution in [-0.4, -0.2) is 27.3 Å². The number of hydrogen-bond donors (Lipinski definition) is 1. The van der Waals surface area contributed by atoms with E-state index in [1.165, 1.54) is 6.20 Å². The Bertz CT molecular complexity index is 800. The number of carbonyl (C=O) groups excluding carboxylic acids is 3. The molecule has 1 fully saturated rings. The number of amides is 3. The largest absolute Gasteiger partial charge is 0.323 e. The number of pyridine rings is 1. The van der Waals surface area contributed by atoms with Crippen molar-refractivity contribution in [3.05, 3.63) is 53.8 Å². The highest BCUT2D eigenvalue weighted by atomic mass is 35.5. The fourth-order valence-corrected chi connectivity index (χ4v) is 3.40. The molecule has 1 aromatic carbocycles. The molecule has 1 saturated heterocycles. The van der Waals surface area contributed by atoms with Gasteiger partial charge in [0.25, 0.3) is 5.24 Å². The predicted octanol–water partition coefficient (Wildman–Crippen LogP) is 3.33. The average Bonchev–Trinajstić information content (AvgIpc) is 2.84. The lowest BCUT2D eigenvalue weighted by atomic mass is 10.2. The first kappa shape index (κ1) is 16.5. The van der Waals surface area contributed by atoms with E-state index in [4.69, 9.17) is 11.6 Å². The quantitative estimate of drug-likeness (QED) is 0.845. The van der Waals surface area contributed by atoms with Crippen LogP contribution < -0.4 is 10.2 Å². The summed E-state index contributed by atoms with van der Waals surface area (Å²) in [5.74, 6) is -0.804. The van der Waals surface area contributed by atoms with Gasteiger partial charge in [-0.2, -0.15) is 0 Å². The highest BCUT2D eigenvalue weighted by molar-refractivity contribution is 8.15. The van der Waals surface area contributed by atoms with Crippen LogP contribution in [0.1, 0.15) is 6.42 Å². The smallest absolute Gasteiger partial charge is 0.293 e. The van der Waals surface area contributed by atoms with Crippen LogP contribution >= 0.6 is 23.4 Å². The molecule has 1 aliphatic rings. The molecule has 3 rings (SSSR count). The number of aromatic nitrogens is 1. The topological polar surface area (TPSA) is 79.4 Å². The van der Waals surface area contributed by atoms with Crippen molar-refractivity contribution in [1.82, 2.24) is 4.98 Å². The molecule has 1 unspecified atom stereocenters. The molecular formula is C16H12ClN3O3S. The molecule has 0 bridgehead atoms. The maximum Gasteiger partial charge on any atom is 0.293 e. The van der Waals surface area contributed by atoms with Crippen molar-refractivity contribution < 1.29 is 14.4 Å². The van der Waals surface area contributed by atoms with Crippen LogP contribution in [0.25, 0.3) is 0 Å². The van der Waals surface area contributed by atoms with Gasteiger partial charge < -0.3 is 5.32 Å². The van der Waals surface area contributed by atoms with Gasteiger partial charge in [0.05, 0.1) is 11.4 Å². The molecule has 0 aliphatic carbocycles. The number of benzene rings is 1. The predicted molar refractivity (Wildman–Crippen MR) is 93.2 cm³/mol. The van der Waals surface area contributed by atoms with E-state index in [9.17, 15) is 14.4 Å². The van der Waals surface area contributed by atoms with Gasteiger partial charge in [0.2, 0.25) is 11.8 Å². The van der Waals surface area contributed by atoms with Gasteiger partial charge in [-0.1, -0.05) is 29.8 Å². The Morgan fingerprint density at radius 3 is 2.67 bits per heavy atom. The maximum absolute atomic E-state index is 12.4.